The van der Waals surface area contributed by atoms with Crippen molar-refractivity contribution >= 4 is 11.7 Å². The van der Waals surface area contributed by atoms with E-state index in [4.69, 9.17) is 0 Å². The van der Waals surface area contributed by atoms with Crippen LogP contribution in [0.4, 0.5) is 5.82 Å². The average Bonchev–Trinajstić information content (AvgIpc) is 2.96. The number of hydrogen-bond acceptors (Lipinski definition) is 3. The van der Waals surface area contributed by atoms with E-state index < -0.39 is 0 Å². The van der Waals surface area contributed by atoms with Crippen molar-refractivity contribution in [3.8, 4) is 0 Å². The summed E-state index contributed by atoms with van der Waals surface area (Å²) < 4.78 is 0. The molecule has 4 nitrogen and oxygen atoms in total. The first-order valence-electron chi connectivity index (χ1n) is 8.23. The topological polar surface area (TPSA) is 45.2 Å². The van der Waals surface area contributed by atoms with Crippen LogP contribution in [-0.4, -0.2) is 35.4 Å². The van der Waals surface area contributed by atoms with Gasteiger partial charge < -0.3 is 10.2 Å². The number of nitrogens with zero attached hydrogens (tertiary/aromatic N) is 2. The van der Waals surface area contributed by atoms with E-state index in [0.717, 1.165) is 25.5 Å². The molecule has 1 aliphatic carbocycles. The van der Waals surface area contributed by atoms with Crippen LogP contribution in [0.25, 0.3) is 0 Å². The number of rotatable bonds is 3. The number of anilines is 1. The van der Waals surface area contributed by atoms with Gasteiger partial charge in [-0.25, -0.2) is 4.98 Å². The molecule has 2 fully saturated rings. The number of carbonyl (C=O) groups excluding carboxylic acids is 1. The van der Waals surface area contributed by atoms with Gasteiger partial charge in [-0.2, -0.15) is 0 Å². The predicted molar refractivity (Wildman–Crippen MR) is 84.4 cm³/mol. The third-order valence-corrected chi connectivity index (χ3v) is 5.10. The first-order valence-corrected chi connectivity index (χ1v) is 8.23. The zero-order valence-corrected chi connectivity index (χ0v) is 12.9. The zero-order valence-electron chi connectivity index (χ0n) is 12.9. The summed E-state index contributed by atoms with van der Waals surface area (Å²) >= 11 is 0. The maximum atomic E-state index is 12.6. The van der Waals surface area contributed by atoms with Crippen molar-refractivity contribution in [1.29, 1.82) is 0 Å². The number of nitrogens with one attached hydrogen (secondary N) is 1. The summed E-state index contributed by atoms with van der Waals surface area (Å²) in [6.45, 7) is 4.64. The number of aromatic nitrogens is 1. The molecule has 21 heavy (non-hydrogen) atoms. The molecule has 3 rings (SSSR count). The largest absolute Gasteiger partial charge is 0.370 e. The lowest BCUT2D eigenvalue weighted by molar-refractivity contribution is 0.0582. The molecule has 1 saturated heterocycles. The highest BCUT2D eigenvalue weighted by Gasteiger charge is 2.38. The number of hydrogen-bond donors (Lipinski definition) is 1. The van der Waals surface area contributed by atoms with Crippen molar-refractivity contribution < 1.29 is 4.79 Å². The lowest BCUT2D eigenvalue weighted by Gasteiger charge is -2.39. The van der Waals surface area contributed by atoms with E-state index in [1.807, 2.05) is 30.0 Å². The summed E-state index contributed by atoms with van der Waals surface area (Å²) in [6, 6.07) is 5.63. The van der Waals surface area contributed by atoms with Gasteiger partial charge in [0.25, 0.3) is 5.91 Å². The van der Waals surface area contributed by atoms with Gasteiger partial charge in [-0.1, -0.05) is 18.9 Å². The van der Waals surface area contributed by atoms with Gasteiger partial charge >= 0.3 is 0 Å². The minimum absolute atomic E-state index is 0.0857. The molecule has 0 aromatic carbocycles. The second-order valence-corrected chi connectivity index (χ2v) is 6.44. The first kappa shape index (κ1) is 14.4. The molecule has 2 heterocycles. The minimum Gasteiger partial charge on any atom is -0.370 e. The number of pyridine rings is 1. The Kier molecular flexibility index (Phi) is 4.13. The van der Waals surface area contributed by atoms with Crippen molar-refractivity contribution in [3.05, 3.63) is 23.9 Å². The molecule has 0 unspecified atom stereocenters. The van der Waals surface area contributed by atoms with E-state index in [1.165, 1.54) is 38.5 Å². The third kappa shape index (κ3) is 3.04. The van der Waals surface area contributed by atoms with Gasteiger partial charge in [0, 0.05) is 19.6 Å². The van der Waals surface area contributed by atoms with Crippen molar-refractivity contribution in [2.45, 2.75) is 45.4 Å². The molecule has 1 aliphatic heterocycles. The fraction of sp³-hybridized carbons (Fsp3) is 0.647. The van der Waals surface area contributed by atoms with Crippen molar-refractivity contribution in [2.24, 2.45) is 5.41 Å². The molecule has 0 atom stereocenters. The molecule has 0 radical (unpaired) electrons. The van der Waals surface area contributed by atoms with Crippen molar-refractivity contribution in [3.63, 3.8) is 0 Å². The first-order chi connectivity index (χ1) is 10.2. The Bertz CT molecular complexity index is 499. The Morgan fingerprint density at radius 2 is 1.95 bits per heavy atom. The Balaban J connectivity index is 1.64. The second kappa shape index (κ2) is 6.04. The average molecular weight is 287 g/mol. The van der Waals surface area contributed by atoms with Crippen LogP contribution in [0.1, 0.15) is 55.9 Å². The van der Waals surface area contributed by atoms with Crippen LogP contribution in [-0.2, 0) is 0 Å². The maximum Gasteiger partial charge on any atom is 0.272 e. The highest BCUT2D eigenvalue weighted by atomic mass is 16.2. The number of piperidine rings is 1. The predicted octanol–water partition coefficient (Wildman–Crippen LogP) is 3.31. The van der Waals surface area contributed by atoms with Gasteiger partial charge in [0.05, 0.1) is 0 Å². The highest BCUT2D eigenvalue weighted by molar-refractivity contribution is 5.92. The molecular weight excluding hydrogens is 262 g/mol. The Morgan fingerprint density at radius 3 is 2.62 bits per heavy atom. The third-order valence-electron chi connectivity index (χ3n) is 5.10. The van der Waals surface area contributed by atoms with Gasteiger partial charge in [0.1, 0.15) is 11.5 Å². The standard InChI is InChI=1S/C17H25N3O/c1-2-18-15-7-5-6-14(19-15)16(21)20-12-10-17(11-13-20)8-3-4-9-17/h5-7H,2-4,8-13H2,1H3,(H,18,19). The second-order valence-electron chi connectivity index (χ2n) is 6.44. The molecule has 0 bridgehead atoms. The van der Waals surface area contributed by atoms with Crippen molar-refractivity contribution in [2.75, 3.05) is 25.0 Å². The van der Waals surface area contributed by atoms with Crippen molar-refractivity contribution in [1.82, 2.24) is 9.88 Å². The van der Waals surface area contributed by atoms with E-state index in [9.17, 15) is 4.79 Å². The molecule has 2 aliphatic rings. The lowest BCUT2D eigenvalue weighted by Crippen LogP contribution is -2.42. The molecule has 4 heteroatoms. The number of amides is 1. The molecule has 1 aromatic rings. The monoisotopic (exact) mass is 287 g/mol. The SMILES string of the molecule is CCNc1cccc(C(=O)N2CCC3(CCCC3)CC2)n1. The van der Waals surface area contributed by atoms with E-state index in [-0.39, 0.29) is 5.91 Å². The Hall–Kier alpha value is -1.58. The number of likely N-dealkylation sites (tertiary alicyclic amines) is 1. The fourth-order valence-corrected chi connectivity index (χ4v) is 3.80. The summed E-state index contributed by atoms with van der Waals surface area (Å²) in [5.74, 6) is 0.871. The molecule has 1 saturated carbocycles. The zero-order chi connectivity index (χ0) is 14.7. The smallest absolute Gasteiger partial charge is 0.272 e. The van der Waals surface area contributed by atoms with Crippen LogP contribution >= 0.6 is 0 Å². The van der Waals surface area contributed by atoms with Crippen LogP contribution < -0.4 is 5.32 Å². The quantitative estimate of drug-likeness (QED) is 0.927. The van der Waals surface area contributed by atoms with E-state index in [2.05, 4.69) is 10.3 Å². The van der Waals surface area contributed by atoms with E-state index >= 15 is 0 Å². The summed E-state index contributed by atoms with van der Waals surface area (Å²) in [4.78, 5) is 19.0. The summed E-state index contributed by atoms with van der Waals surface area (Å²) in [7, 11) is 0. The molecular formula is C17H25N3O. The van der Waals surface area contributed by atoms with Gasteiger partial charge in [0.15, 0.2) is 0 Å². The normalized spacial score (nSPS) is 20.7. The molecule has 1 aromatic heterocycles. The van der Waals surface area contributed by atoms with Crippen LogP contribution in [0.5, 0.6) is 0 Å². The van der Waals surface area contributed by atoms with Crippen LogP contribution in [0, 0.1) is 5.41 Å². The molecule has 1 amide bonds. The number of carbonyl (C=O) groups is 1. The van der Waals surface area contributed by atoms with Gasteiger partial charge in [0.2, 0.25) is 0 Å². The maximum absolute atomic E-state index is 12.6. The van der Waals surface area contributed by atoms with E-state index in [1.54, 1.807) is 0 Å². The van der Waals surface area contributed by atoms with Crippen LogP contribution in [0.15, 0.2) is 18.2 Å². The Labute approximate surface area is 126 Å². The fourth-order valence-electron chi connectivity index (χ4n) is 3.80. The van der Waals surface area contributed by atoms with E-state index in [0.29, 0.717) is 11.1 Å². The Morgan fingerprint density at radius 1 is 1.24 bits per heavy atom. The summed E-state index contributed by atoms with van der Waals surface area (Å²) in [5.41, 5.74) is 1.12. The van der Waals surface area contributed by atoms with Crippen LogP contribution in [0.2, 0.25) is 0 Å². The van der Waals surface area contributed by atoms with Gasteiger partial charge in [-0.15, -0.1) is 0 Å². The summed E-state index contributed by atoms with van der Waals surface area (Å²) in [5, 5.41) is 3.16. The molecule has 114 valence electrons. The van der Waals surface area contributed by atoms with Crippen LogP contribution in [0.3, 0.4) is 0 Å². The summed E-state index contributed by atoms with van der Waals surface area (Å²) in [6.07, 6.45) is 7.82. The van der Waals surface area contributed by atoms with Gasteiger partial charge in [-0.05, 0) is 50.2 Å². The molecule has 1 N–H and O–H groups in total. The lowest BCUT2D eigenvalue weighted by atomic mass is 9.77. The minimum atomic E-state index is 0.0857. The highest BCUT2D eigenvalue weighted by Crippen LogP contribution is 2.46. The molecule has 1 spiro atoms. The van der Waals surface area contributed by atoms with Gasteiger partial charge in [-0.3, -0.25) is 4.79 Å².